The molecule has 1 unspecified atom stereocenters. The SMILES string of the molecule is CC(C)(C)C(=O)C(F)C(=O)c1cc(C#N)ccc1C#N. The van der Waals surface area contributed by atoms with Crippen molar-refractivity contribution in [2.24, 2.45) is 5.41 Å². The van der Waals surface area contributed by atoms with Crippen LogP contribution in [0.15, 0.2) is 18.2 Å². The molecule has 0 amide bonds. The van der Waals surface area contributed by atoms with Crippen LogP contribution in [0.2, 0.25) is 0 Å². The maximum atomic E-state index is 14.0. The molecule has 4 nitrogen and oxygen atoms in total. The van der Waals surface area contributed by atoms with Gasteiger partial charge in [-0.25, -0.2) is 4.39 Å². The maximum Gasteiger partial charge on any atom is 0.221 e. The number of hydrogen-bond acceptors (Lipinski definition) is 4. The van der Waals surface area contributed by atoms with Crippen molar-refractivity contribution < 1.29 is 14.0 Å². The van der Waals surface area contributed by atoms with E-state index in [1.54, 1.807) is 12.1 Å². The standard InChI is InChI=1S/C15H13FN2O2/c1-15(2,3)14(20)12(16)13(19)11-6-9(7-17)4-5-10(11)8-18/h4-6,12H,1-3H3. The predicted octanol–water partition coefficient (Wildman–Crippen LogP) is 2.57. The molecule has 0 heterocycles. The van der Waals surface area contributed by atoms with Crippen molar-refractivity contribution in [2.45, 2.75) is 26.9 Å². The molecular weight excluding hydrogens is 259 g/mol. The minimum absolute atomic E-state index is 0.0571. The quantitative estimate of drug-likeness (QED) is 0.625. The van der Waals surface area contributed by atoms with Gasteiger partial charge < -0.3 is 0 Å². The lowest BCUT2D eigenvalue weighted by molar-refractivity contribution is -0.129. The second-order valence-electron chi connectivity index (χ2n) is 5.33. The number of hydrogen-bond donors (Lipinski definition) is 0. The number of halogens is 1. The first kappa shape index (κ1) is 15.5. The van der Waals surface area contributed by atoms with Crippen LogP contribution in [0.3, 0.4) is 0 Å². The van der Waals surface area contributed by atoms with Crippen molar-refractivity contribution in [1.29, 1.82) is 10.5 Å². The first-order valence-corrected chi connectivity index (χ1v) is 5.89. The molecule has 1 aromatic rings. The molecule has 0 N–H and O–H groups in total. The molecule has 0 saturated heterocycles. The number of carbonyl (C=O) groups is 2. The van der Waals surface area contributed by atoms with E-state index < -0.39 is 23.2 Å². The summed E-state index contributed by atoms with van der Waals surface area (Å²) in [4.78, 5) is 23.8. The summed E-state index contributed by atoms with van der Waals surface area (Å²) < 4.78 is 14.0. The topological polar surface area (TPSA) is 81.7 Å². The molecule has 0 aliphatic heterocycles. The second kappa shape index (κ2) is 5.63. The summed E-state index contributed by atoms with van der Waals surface area (Å²) in [5, 5.41) is 17.7. The van der Waals surface area contributed by atoms with Gasteiger partial charge in [0, 0.05) is 11.0 Å². The fourth-order valence-corrected chi connectivity index (χ4v) is 1.55. The summed E-state index contributed by atoms with van der Waals surface area (Å²) in [5.41, 5.74) is -1.17. The Morgan fingerprint density at radius 1 is 1.20 bits per heavy atom. The fourth-order valence-electron chi connectivity index (χ4n) is 1.55. The Balaban J connectivity index is 3.25. The average Bonchev–Trinajstić information content (AvgIpc) is 2.43. The van der Waals surface area contributed by atoms with Crippen molar-refractivity contribution in [2.75, 3.05) is 0 Å². The van der Waals surface area contributed by atoms with Gasteiger partial charge in [0.1, 0.15) is 0 Å². The summed E-state index contributed by atoms with van der Waals surface area (Å²) >= 11 is 0. The fraction of sp³-hybridized carbons (Fsp3) is 0.333. The van der Waals surface area contributed by atoms with E-state index in [-0.39, 0.29) is 16.7 Å². The zero-order valence-corrected chi connectivity index (χ0v) is 11.4. The molecular formula is C15H13FN2O2. The third kappa shape index (κ3) is 3.07. The lowest BCUT2D eigenvalue weighted by atomic mass is 9.85. The summed E-state index contributed by atoms with van der Waals surface area (Å²) in [7, 11) is 0. The number of benzene rings is 1. The van der Waals surface area contributed by atoms with E-state index in [0.29, 0.717) is 0 Å². The lowest BCUT2D eigenvalue weighted by Crippen LogP contribution is -2.35. The second-order valence-corrected chi connectivity index (χ2v) is 5.33. The molecule has 0 fully saturated rings. The van der Waals surface area contributed by atoms with E-state index in [4.69, 9.17) is 10.5 Å². The third-order valence-corrected chi connectivity index (χ3v) is 2.73. The summed E-state index contributed by atoms with van der Waals surface area (Å²) in [5.74, 6) is -1.94. The number of carbonyl (C=O) groups excluding carboxylic acids is 2. The molecule has 1 aromatic carbocycles. The molecule has 1 rings (SSSR count). The molecule has 0 radical (unpaired) electrons. The Morgan fingerprint density at radius 2 is 1.80 bits per heavy atom. The van der Waals surface area contributed by atoms with Crippen LogP contribution in [0.1, 0.15) is 42.3 Å². The molecule has 0 aliphatic carbocycles. The first-order valence-electron chi connectivity index (χ1n) is 5.89. The molecule has 1 atom stereocenters. The van der Waals surface area contributed by atoms with Gasteiger partial charge in [0.25, 0.3) is 0 Å². The Kier molecular flexibility index (Phi) is 4.37. The van der Waals surface area contributed by atoms with Gasteiger partial charge in [-0.1, -0.05) is 20.8 Å². The van der Waals surface area contributed by atoms with Crippen LogP contribution in [0.4, 0.5) is 4.39 Å². The van der Waals surface area contributed by atoms with Gasteiger partial charge in [-0.2, -0.15) is 10.5 Å². The predicted molar refractivity (Wildman–Crippen MR) is 69.6 cm³/mol. The van der Waals surface area contributed by atoms with Gasteiger partial charge in [-0.3, -0.25) is 9.59 Å². The normalized spacial score (nSPS) is 12.1. The van der Waals surface area contributed by atoms with Gasteiger partial charge in [0.15, 0.2) is 5.78 Å². The van der Waals surface area contributed by atoms with Crippen LogP contribution in [0.5, 0.6) is 0 Å². The molecule has 0 aromatic heterocycles. The smallest absolute Gasteiger partial charge is 0.221 e. The van der Waals surface area contributed by atoms with Crippen LogP contribution >= 0.6 is 0 Å². The third-order valence-electron chi connectivity index (χ3n) is 2.73. The molecule has 5 heteroatoms. The van der Waals surface area contributed by atoms with Gasteiger partial charge in [0.05, 0.1) is 23.3 Å². The van der Waals surface area contributed by atoms with E-state index in [1.165, 1.54) is 32.9 Å². The summed E-state index contributed by atoms with van der Waals surface area (Å²) in [6, 6.07) is 7.30. The minimum Gasteiger partial charge on any atom is -0.295 e. The average molecular weight is 272 g/mol. The highest BCUT2D eigenvalue weighted by Gasteiger charge is 2.36. The van der Waals surface area contributed by atoms with Crippen molar-refractivity contribution >= 4 is 11.6 Å². The number of alkyl halides is 1. The van der Waals surface area contributed by atoms with Crippen LogP contribution in [0.25, 0.3) is 0 Å². The highest BCUT2D eigenvalue weighted by atomic mass is 19.1. The van der Waals surface area contributed by atoms with E-state index in [2.05, 4.69) is 0 Å². The molecule has 0 aliphatic rings. The molecule has 0 saturated carbocycles. The Bertz CT molecular complexity index is 645. The van der Waals surface area contributed by atoms with E-state index >= 15 is 0 Å². The van der Waals surface area contributed by atoms with Crippen LogP contribution < -0.4 is 0 Å². The zero-order chi connectivity index (χ0) is 15.5. The van der Waals surface area contributed by atoms with Crippen molar-refractivity contribution in [3.05, 3.63) is 34.9 Å². The monoisotopic (exact) mass is 272 g/mol. The summed E-state index contributed by atoms with van der Waals surface area (Å²) in [6.45, 7) is 4.52. The zero-order valence-electron chi connectivity index (χ0n) is 11.4. The highest BCUT2D eigenvalue weighted by molar-refractivity contribution is 6.15. The number of Topliss-reactive ketones (excluding diaryl/α,β-unsaturated/α-hetero) is 2. The first-order chi connectivity index (χ1) is 9.22. The Labute approximate surface area is 116 Å². The van der Waals surface area contributed by atoms with Gasteiger partial charge in [-0.05, 0) is 18.2 Å². The van der Waals surface area contributed by atoms with E-state index in [0.717, 1.165) is 6.07 Å². The Hall–Kier alpha value is -2.53. The summed E-state index contributed by atoms with van der Waals surface area (Å²) in [6.07, 6.45) is -2.34. The molecule has 20 heavy (non-hydrogen) atoms. The van der Waals surface area contributed by atoms with Crippen LogP contribution in [0, 0.1) is 28.1 Å². The number of rotatable bonds is 3. The molecule has 0 bridgehead atoms. The van der Waals surface area contributed by atoms with Gasteiger partial charge >= 0.3 is 0 Å². The number of ketones is 2. The largest absolute Gasteiger partial charge is 0.295 e. The van der Waals surface area contributed by atoms with Crippen LogP contribution in [-0.4, -0.2) is 17.7 Å². The molecule has 0 spiro atoms. The van der Waals surface area contributed by atoms with E-state index in [1.807, 2.05) is 0 Å². The van der Waals surface area contributed by atoms with Gasteiger partial charge in [-0.15, -0.1) is 0 Å². The Morgan fingerprint density at radius 3 is 2.25 bits per heavy atom. The number of nitriles is 2. The van der Waals surface area contributed by atoms with Gasteiger partial charge in [0.2, 0.25) is 12.0 Å². The van der Waals surface area contributed by atoms with Crippen molar-refractivity contribution in [3.63, 3.8) is 0 Å². The highest BCUT2D eigenvalue weighted by Crippen LogP contribution is 2.22. The van der Waals surface area contributed by atoms with Crippen molar-refractivity contribution in [3.8, 4) is 12.1 Å². The van der Waals surface area contributed by atoms with Crippen LogP contribution in [-0.2, 0) is 4.79 Å². The number of nitrogens with zero attached hydrogens (tertiary/aromatic N) is 2. The lowest BCUT2D eigenvalue weighted by Gasteiger charge is -2.19. The minimum atomic E-state index is -2.34. The maximum absolute atomic E-state index is 14.0. The molecule has 102 valence electrons. The van der Waals surface area contributed by atoms with Crippen molar-refractivity contribution in [1.82, 2.24) is 0 Å². The van der Waals surface area contributed by atoms with E-state index in [9.17, 15) is 14.0 Å².